The lowest BCUT2D eigenvalue weighted by atomic mass is 9.89. The number of hydrogen-bond donors (Lipinski definition) is 3. The van der Waals surface area contributed by atoms with Gasteiger partial charge in [-0.3, -0.25) is 14.5 Å². The molecular formula is C36H47N3O5. The molecule has 5 atom stereocenters. The minimum atomic E-state index is -0.621. The summed E-state index contributed by atoms with van der Waals surface area (Å²) in [4.78, 5) is 26.0. The number of nitrogens with zero attached hydrogens (tertiary/aromatic N) is 1. The van der Waals surface area contributed by atoms with Crippen LogP contribution in [0, 0.1) is 5.92 Å². The maximum atomic E-state index is 12.7. The molecule has 0 spiro atoms. The van der Waals surface area contributed by atoms with E-state index >= 15 is 0 Å². The van der Waals surface area contributed by atoms with Crippen LogP contribution in [-0.2, 0) is 25.7 Å². The molecule has 1 aliphatic rings. The maximum Gasteiger partial charge on any atom is 0.224 e. The normalized spacial score (nSPS) is 20.7. The van der Waals surface area contributed by atoms with Gasteiger partial charge in [-0.1, -0.05) is 80.1 Å². The second-order valence-corrected chi connectivity index (χ2v) is 11.8. The van der Waals surface area contributed by atoms with Crippen molar-refractivity contribution < 1.29 is 24.2 Å². The van der Waals surface area contributed by atoms with Crippen LogP contribution in [0.3, 0.4) is 0 Å². The van der Waals surface area contributed by atoms with E-state index in [1.807, 2.05) is 54.6 Å². The molecule has 44 heavy (non-hydrogen) atoms. The first-order chi connectivity index (χ1) is 21.2. The van der Waals surface area contributed by atoms with E-state index in [1.54, 1.807) is 0 Å². The van der Waals surface area contributed by atoms with Crippen LogP contribution in [-0.4, -0.2) is 48.1 Å². The summed E-state index contributed by atoms with van der Waals surface area (Å²) < 4.78 is 13.3. The van der Waals surface area contributed by atoms with Crippen LogP contribution in [0.25, 0.3) is 0 Å². The van der Waals surface area contributed by atoms with Crippen LogP contribution in [0.15, 0.2) is 78.9 Å². The SMILES string of the molecule is CC(=O)NCCCCCC(=O)Nc1cccc(C2OC(CN(C)C(C)c3ccccc3)C(C)C(c3ccc(CO)cc3)O2)c1. The number of aliphatic hydroxyl groups excluding tert-OH is 1. The number of amides is 2. The Kier molecular flexibility index (Phi) is 12.5. The third-order valence-electron chi connectivity index (χ3n) is 8.43. The van der Waals surface area contributed by atoms with Gasteiger partial charge in [0.15, 0.2) is 6.29 Å². The van der Waals surface area contributed by atoms with Crippen molar-refractivity contribution in [3.8, 4) is 0 Å². The van der Waals surface area contributed by atoms with Crippen LogP contribution < -0.4 is 10.6 Å². The number of aliphatic hydroxyl groups is 1. The zero-order chi connectivity index (χ0) is 31.5. The molecular weight excluding hydrogens is 554 g/mol. The summed E-state index contributed by atoms with van der Waals surface area (Å²) in [5, 5.41) is 15.4. The Morgan fingerprint density at radius 3 is 2.39 bits per heavy atom. The highest BCUT2D eigenvalue weighted by Gasteiger charge is 2.39. The molecule has 1 fully saturated rings. The average molecular weight is 602 g/mol. The van der Waals surface area contributed by atoms with Crippen molar-refractivity contribution in [1.29, 1.82) is 0 Å². The molecule has 4 rings (SSSR count). The van der Waals surface area contributed by atoms with Crippen LogP contribution in [0.2, 0.25) is 0 Å². The molecule has 3 aromatic carbocycles. The van der Waals surface area contributed by atoms with E-state index < -0.39 is 6.29 Å². The van der Waals surface area contributed by atoms with Gasteiger partial charge >= 0.3 is 0 Å². The Bertz CT molecular complexity index is 1330. The molecule has 0 bridgehead atoms. The fraction of sp³-hybridized carbons (Fsp3) is 0.444. The van der Waals surface area contributed by atoms with Crippen LogP contribution in [0.5, 0.6) is 0 Å². The molecule has 8 nitrogen and oxygen atoms in total. The van der Waals surface area contributed by atoms with E-state index in [4.69, 9.17) is 9.47 Å². The van der Waals surface area contributed by atoms with Gasteiger partial charge in [-0.15, -0.1) is 0 Å². The Hall–Kier alpha value is -3.56. The first kappa shape index (κ1) is 33.3. The smallest absolute Gasteiger partial charge is 0.224 e. The van der Waals surface area contributed by atoms with Gasteiger partial charge in [0.1, 0.15) is 0 Å². The molecule has 2 amide bonds. The zero-order valence-electron chi connectivity index (χ0n) is 26.4. The van der Waals surface area contributed by atoms with E-state index in [1.165, 1.54) is 12.5 Å². The lowest BCUT2D eigenvalue weighted by Crippen LogP contribution is -2.44. The standard InChI is InChI=1S/C36H47N3O5/c1-25-33(23-39(4)26(2)29-12-7-5-8-13-29)43-36(44-35(25)30-19-17-28(24-40)18-20-30)31-14-11-15-32(22-31)38-34(42)16-9-6-10-21-37-27(3)41/h5,7-8,11-15,17-20,22,25-26,33,35-36,40H,6,9-10,16,21,23-24H2,1-4H3,(H,37,41)(H,38,42). The molecule has 3 N–H and O–H groups in total. The molecule has 8 heteroatoms. The summed E-state index contributed by atoms with van der Waals surface area (Å²) in [6.45, 7) is 7.21. The molecule has 236 valence electrons. The number of unbranched alkanes of at least 4 members (excludes halogenated alkanes) is 2. The fourth-order valence-corrected chi connectivity index (χ4v) is 5.59. The quantitative estimate of drug-likeness (QED) is 0.188. The molecule has 0 radical (unpaired) electrons. The number of carbonyl (C=O) groups excluding carboxylic acids is 2. The van der Waals surface area contributed by atoms with Gasteiger partial charge in [-0.05, 0) is 55.6 Å². The third-order valence-corrected chi connectivity index (χ3v) is 8.43. The second kappa shape index (κ2) is 16.5. The van der Waals surface area contributed by atoms with Gasteiger partial charge in [0.05, 0.1) is 18.8 Å². The number of likely N-dealkylation sites (N-methyl/N-ethyl adjacent to an activating group) is 1. The van der Waals surface area contributed by atoms with Gasteiger partial charge < -0.3 is 25.2 Å². The lowest BCUT2D eigenvalue weighted by molar-refractivity contribution is -0.276. The Balaban J connectivity index is 1.46. The number of nitrogens with one attached hydrogen (secondary N) is 2. The lowest BCUT2D eigenvalue weighted by Gasteiger charge is -2.43. The van der Waals surface area contributed by atoms with Crippen LogP contribution >= 0.6 is 0 Å². The molecule has 1 aliphatic heterocycles. The highest BCUT2D eigenvalue weighted by atomic mass is 16.7. The second-order valence-electron chi connectivity index (χ2n) is 11.8. The van der Waals surface area contributed by atoms with Crippen LogP contribution in [0.1, 0.15) is 87.1 Å². The predicted octanol–water partition coefficient (Wildman–Crippen LogP) is 6.30. The van der Waals surface area contributed by atoms with Gasteiger partial charge in [-0.25, -0.2) is 0 Å². The van der Waals surface area contributed by atoms with Crippen LogP contribution in [0.4, 0.5) is 5.69 Å². The molecule has 0 aromatic heterocycles. The van der Waals surface area contributed by atoms with Crippen molar-refractivity contribution in [1.82, 2.24) is 10.2 Å². The summed E-state index contributed by atoms with van der Waals surface area (Å²) in [6.07, 6.45) is 1.93. The fourth-order valence-electron chi connectivity index (χ4n) is 5.59. The highest BCUT2D eigenvalue weighted by molar-refractivity contribution is 5.90. The van der Waals surface area contributed by atoms with Crippen molar-refractivity contribution in [2.24, 2.45) is 5.92 Å². The van der Waals surface area contributed by atoms with E-state index in [2.05, 4.69) is 60.7 Å². The number of ether oxygens (including phenoxy) is 2. The third kappa shape index (κ3) is 9.47. The van der Waals surface area contributed by atoms with Crippen molar-refractivity contribution in [3.05, 3.63) is 101 Å². The first-order valence-corrected chi connectivity index (χ1v) is 15.6. The van der Waals surface area contributed by atoms with Crippen molar-refractivity contribution in [3.63, 3.8) is 0 Å². The largest absolute Gasteiger partial charge is 0.392 e. The number of carbonyl (C=O) groups is 2. The summed E-state index contributed by atoms with van der Waals surface area (Å²) >= 11 is 0. The van der Waals surface area contributed by atoms with Crippen molar-refractivity contribution >= 4 is 17.5 Å². The summed E-state index contributed by atoms with van der Waals surface area (Å²) in [5.41, 5.74) is 4.68. The monoisotopic (exact) mass is 601 g/mol. The number of rotatable bonds is 14. The number of benzene rings is 3. The molecule has 0 aliphatic carbocycles. The van der Waals surface area contributed by atoms with E-state index in [-0.39, 0.29) is 42.6 Å². The summed E-state index contributed by atoms with van der Waals surface area (Å²) in [7, 11) is 2.12. The van der Waals surface area contributed by atoms with Gasteiger partial charge in [0, 0.05) is 49.6 Å². The summed E-state index contributed by atoms with van der Waals surface area (Å²) in [6, 6.07) is 26.3. The van der Waals surface area contributed by atoms with Crippen molar-refractivity contribution in [2.75, 3.05) is 25.5 Å². The van der Waals surface area contributed by atoms with E-state index in [9.17, 15) is 14.7 Å². The topological polar surface area (TPSA) is 100 Å². The van der Waals surface area contributed by atoms with Crippen molar-refractivity contribution in [2.45, 2.75) is 77.6 Å². The first-order valence-electron chi connectivity index (χ1n) is 15.6. The number of hydrogen-bond acceptors (Lipinski definition) is 6. The highest BCUT2D eigenvalue weighted by Crippen LogP contribution is 2.42. The number of anilines is 1. The Morgan fingerprint density at radius 2 is 1.68 bits per heavy atom. The van der Waals surface area contributed by atoms with E-state index in [0.29, 0.717) is 25.2 Å². The molecule has 1 heterocycles. The summed E-state index contributed by atoms with van der Waals surface area (Å²) in [5.74, 6) is -0.0174. The Morgan fingerprint density at radius 1 is 0.932 bits per heavy atom. The maximum absolute atomic E-state index is 12.7. The minimum absolute atomic E-state index is 0.00647. The molecule has 1 saturated heterocycles. The van der Waals surface area contributed by atoms with E-state index in [0.717, 1.165) is 36.0 Å². The minimum Gasteiger partial charge on any atom is -0.392 e. The molecule has 5 unspecified atom stereocenters. The van der Waals surface area contributed by atoms with Gasteiger partial charge in [-0.2, -0.15) is 0 Å². The predicted molar refractivity (Wildman–Crippen MR) is 173 cm³/mol. The average Bonchev–Trinajstić information content (AvgIpc) is 3.03. The van der Waals surface area contributed by atoms with Gasteiger partial charge in [0.2, 0.25) is 11.8 Å². The Labute approximate surface area is 261 Å². The van der Waals surface area contributed by atoms with Gasteiger partial charge in [0.25, 0.3) is 0 Å². The zero-order valence-corrected chi connectivity index (χ0v) is 26.4. The molecule has 0 saturated carbocycles. The molecule has 3 aromatic rings.